The quantitative estimate of drug-likeness (QED) is 0.685. The second kappa shape index (κ2) is 6.26. The first-order valence-electron chi connectivity index (χ1n) is 5.57. The van der Waals surface area contributed by atoms with E-state index in [1.165, 1.54) is 19.2 Å². The number of amides is 1. The molecule has 0 aliphatic rings. The van der Waals surface area contributed by atoms with Crippen molar-refractivity contribution in [2.24, 2.45) is 5.41 Å². The third-order valence-corrected chi connectivity index (χ3v) is 3.49. The van der Waals surface area contributed by atoms with Crippen LogP contribution in [0.15, 0.2) is 18.2 Å². The zero-order valence-corrected chi connectivity index (χ0v) is 12.4. The van der Waals surface area contributed by atoms with Crippen LogP contribution in [0.3, 0.4) is 0 Å². The van der Waals surface area contributed by atoms with Gasteiger partial charge in [0.1, 0.15) is 0 Å². The molecular weight excluding hydrogens is 289 g/mol. The highest BCUT2D eigenvalue weighted by atomic mass is 35.5. The lowest BCUT2D eigenvalue weighted by molar-refractivity contribution is -0.122. The number of anilines is 1. The van der Waals surface area contributed by atoms with Gasteiger partial charge in [-0.15, -0.1) is 11.6 Å². The fraction of sp³-hybridized carbons (Fsp3) is 0.385. The Morgan fingerprint density at radius 2 is 2.00 bits per heavy atom. The van der Waals surface area contributed by atoms with Crippen molar-refractivity contribution >= 4 is 40.8 Å². The number of benzene rings is 1. The number of carbonyl (C=O) groups excluding carboxylic acids is 2. The normalized spacial score (nSPS) is 11.0. The van der Waals surface area contributed by atoms with Gasteiger partial charge in [0.2, 0.25) is 5.91 Å². The SMILES string of the molecule is COC(=O)c1ccc(Cl)cc1NC(=O)C(C)(C)CCl. The predicted molar refractivity (Wildman–Crippen MR) is 75.9 cm³/mol. The van der Waals surface area contributed by atoms with Gasteiger partial charge in [-0.25, -0.2) is 4.79 Å². The van der Waals surface area contributed by atoms with Crippen molar-refractivity contribution < 1.29 is 14.3 Å². The van der Waals surface area contributed by atoms with E-state index in [0.29, 0.717) is 10.7 Å². The number of methoxy groups -OCH3 is 1. The number of hydrogen-bond acceptors (Lipinski definition) is 3. The van der Waals surface area contributed by atoms with E-state index in [4.69, 9.17) is 23.2 Å². The molecule has 0 saturated carbocycles. The Labute approximate surface area is 122 Å². The van der Waals surface area contributed by atoms with Crippen molar-refractivity contribution in [3.8, 4) is 0 Å². The summed E-state index contributed by atoms with van der Waals surface area (Å²) < 4.78 is 4.65. The summed E-state index contributed by atoms with van der Waals surface area (Å²) in [5, 5.41) is 3.06. The van der Waals surface area contributed by atoms with Crippen LogP contribution in [0.4, 0.5) is 5.69 Å². The lowest BCUT2D eigenvalue weighted by Gasteiger charge is -2.21. The van der Waals surface area contributed by atoms with Gasteiger partial charge >= 0.3 is 5.97 Å². The van der Waals surface area contributed by atoms with Crippen LogP contribution in [0, 0.1) is 5.41 Å². The molecule has 1 aromatic carbocycles. The maximum atomic E-state index is 12.0. The molecule has 1 amide bonds. The van der Waals surface area contributed by atoms with Crippen LogP contribution >= 0.6 is 23.2 Å². The number of hydrogen-bond donors (Lipinski definition) is 1. The molecule has 0 aliphatic carbocycles. The maximum absolute atomic E-state index is 12.0. The Hall–Kier alpha value is -1.26. The number of rotatable bonds is 4. The minimum absolute atomic E-state index is 0.160. The van der Waals surface area contributed by atoms with Crippen LogP contribution in [0.25, 0.3) is 0 Å². The second-order valence-corrected chi connectivity index (χ2v) is 5.36. The first-order valence-corrected chi connectivity index (χ1v) is 6.48. The lowest BCUT2D eigenvalue weighted by atomic mass is 9.95. The third kappa shape index (κ3) is 3.85. The summed E-state index contributed by atoms with van der Waals surface area (Å²) in [5.41, 5.74) is -0.203. The summed E-state index contributed by atoms with van der Waals surface area (Å²) in [6, 6.07) is 4.55. The molecule has 0 aromatic heterocycles. The topological polar surface area (TPSA) is 55.4 Å². The standard InChI is InChI=1S/C13H15Cl2NO3/c1-13(2,7-14)12(18)16-10-6-8(15)4-5-9(10)11(17)19-3/h4-6H,7H2,1-3H3,(H,16,18). The average molecular weight is 304 g/mol. The molecule has 0 bridgehead atoms. The van der Waals surface area contributed by atoms with E-state index >= 15 is 0 Å². The van der Waals surface area contributed by atoms with Gasteiger partial charge in [0.25, 0.3) is 0 Å². The lowest BCUT2D eigenvalue weighted by Crippen LogP contribution is -2.32. The molecule has 0 fully saturated rings. The average Bonchev–Trinajstić information content (AvgIpc) is 2.38. The molecule has 0 aliphatic heterocycles. The number of carbonyl (C=O) groups is 2. The van der Waals surface area contributed by atoms with E-state index in [1.54, 1.807) is 19.9 Å². The van der Waals surface area contributed by atoms with E-state index in [1.807, 2.05) is 0 Å². The van der Waals surface area contributed by atoms with Gasteiger partial charge in [0.15, 0.2) is 0 Å². The molecule has 0 spiro atoms. The fourth-order valence-corrected chi connectivity index (χ4v) is 1.55. The first-order chi connectivity index (χ1) is 8.81. The minimum Gasteiger partial charge on any atom is -0.465 e. The summed E-state index contributed by atoms with van der Waals surface area (Å²) >= 11 is 11.6. The monoisotopic (exact) mass is 303 g/mol. The first kappa shape index (κ1) is 15.8. The van der Waals surface area contributed by atoms with Gasteiger partial charge in [0.05, 0.1) is 23.8 Å². The van der Waals surface area contributed by atoms with E-state index in [0.717, 1.165) is 0 Å². The van der Waals surface area contributed by atoms with E-state index < -0.39 is 11.4 Å². The molecule has 0 heterocycles. The van der Waals surface area contributed by atoms with Crippen molar-refractivity contribution in [1.29, 1.82) is 0 Å². The number of halogens is 2. The molecular formula is C13H15Cl2NO3. The van der Waals surface area contributed by atoms with Crippen molar-refractivity contribution in [2.45, 2.75) is 13.8 Å². The minimum atomic E-state index is -0.753. The number of esters is 1. The molecule has 1 N–H and O–H groups in total. The van der Waals surface area contributed by atoms with E-state index in [2.05, 4.69) is 10.1 Å². The van der Waals surface area contributed by atoms with Crippen molar-refractivity contribution in [2.75, 3.05) is 18.3 Å². The van der Waals surface area contributed by atoms with Crippen LogP contribution in [-0.2, 0) is 9.53 Å². The molecule has 0 saturated heterocycles. The molecule has 0 radical (unpaired) electrons. The smallest absolute Gasteiger partial charge is 0.339 e. The third-order valence-electron chi connectivity index (χ3n) is 2.58. The second-order valence-electron chi connectivity index (χ2n) is 4.65. The van der Waals surface area contributed by atoms with Crippen molar-refractivity contribution in [3.05, 3.63) is 28.8 Å². The summed E-state index contributed by atoms with van der Waals surface area (Å²) in [6.45, 7) is 3.41. The van der Waals surface area contributed by atoms with Crippen molar-refractivity contribution in [3.63, 3.8) is 0 Å². The molecule has 0 atom stereocenters. The Balaban J connectivity index is 3.09. The van der Waals surface area contributed by atoms with Crippen LogP contribution in [0.2, 0.25) is 5.02 Å². The highest BCUT2D eigenvalue weighted by molar-refractivity contribution is 6.31. The molecule has 1 rings (SSSR count). The van der Waals surface area contributed by atoms with Crippen LogP contribution in [-0.4, -0.2) is 24.9 Å². The molecule has 4 nitrogen and oxygen atoms in total. The number of ether oxygens (including phenoxy) is 1. The largest absolute Gasteiger partial charge is 0.465 e. The Morgan fingerprint density at radius 1 is 1.37 bits per heavy atom. The van der Waals surface area contributed by atoms with Gasteiger partial charge in [-0.05, 0) is 32.0 Å². The molecule has 1 aromatic rings. The molecule has 0 unspecified atom stereocenters. The number of alkyl halides is 1. The Bertz CT molecular complexity index is 501. The zero-order chi connectivity index (χ0) is 14.6. The van der Waals surface area contributed by atoms with Gasteiger partial charge in [-0.2, -0.15) is 0 Å². The summed E-state index contributed by atoms with van der Waals surface area (Å²) in [5.74, 6) is -0.682. The highest BCUT2D eigenvalue weighted by Crippen LogP contribution is 2.25. The highest BCUT2D eigenvalue weighted by Gasteiger charge is 2.27. The maximum Gasteiger partial charge on any atom is 0.339 e. The predicted octanol–water partition coefficient (Wildman–Crippen LogP) is 3.33. The Kier molecular flexibility index (Phi) is 5.20. The molecule has 104 valence electrons. The summed E-state index contributed by atoms with van der Waals surface area (Å²) in [4.78, 5) is 23.7. The van der Waals surface area contributed by atoms with Gasteiger partial charge in [0, 0.05) is 10.9 Å². The zero-order valence-electron chi connectivity index (χ0n) is 10.9. The summed E-state index contributed by atoms with van der Waals surface area (Å²) in [6.07, 6.45) is 0. The Morgan fingerprint density at radius 3 is 2.53 bits per heavy atom. The van der Waals surface area contributed by atoms with Gasteiger partial charge < -0.3 is 10.1 Å². The molecule has 6 heteroatoms. The van der Waals surface area contributed by atoms with Crippen molar-refractivity contribution in [1.82, 2.24) is 0 Å². The fourth-order valence-electron chi connectivity index (χ4n) is 1.26. The van der Waals surface area contributed by atoms with Crippen LogP contribution < -0.4 is 5.32 Å². The molecule has 19 heavy (non-hydrogen) atoms. The van der Waals surface area contributed by atoms with Gasteiger partial charge in [-0.1, -0.05) is 11.6 Å². The van der Waals surface area contributed by atoms with E-state index in [-0.39, 0.29) is 17.4 Å². The van der Waals surface area contributed by atoms with Crippen LogP contribution in [0.1, 0.15) is 24.2 Å². The van der Waals surface area contributed by atoms with Gasteiger partial charge in [-0.3, -0.25) is 4.79 Å². The van der Waals surface area contributed by atoms with E-state index in [9.17, 15) is 9.59 Å². The summed E-state index contributed by atoms with van der Waals surface area (Å²) in [7, 11) is 1.27. The van der Waals surface area contributed by atoms with Crippen LogP contribution in [0.5, 0.6) is 0 Å². The number of nitrogens with one attached hydrogen (secondary N) is 1.